The summed E-state index contributed by atoms with van der Waals surface area (Å²) < 4.78 is 10.5. The fourth-order valence-electron chi connectivity index (χ4n) is 2.04. The lowest BCUT2D eigenvalue weighted by Gasteiger charge is -2.37. The van der Waals surface area contributed by atoms with E-state index in [1.807, 2.05) is 25.7 Å². The molecule has 18 heavy (non-hydrogen) atoms. The van der Waals surface area contributed by atoms with E-state index in [4.69, 9.17) is 9.47 Å². The van der Waals surface area contributed by atoms with Crippen molar-refractivity contribution in [3.63, 3.8) is 0 Å². The van der Waals surface area contributed by atoms with Gasteiger partial charge in [-0.05, 0) is 33.6 Å². The summed E-state index contributed by atoms with van der Waals surface area (Å²) >= 11 is 0. The van der Waals surface area contributed by atoms with Gasteiger partial charge in [-0.3, -0.25) is 0 Å². The number of rotatable bonds is 4. The minimum absolute atomic E-state index is 0.202. The lowest BCUT2D eigenvalue weighted by Crippen LogP contribution is -2.54. The standard InChI is InChI=1S/C13H26N2O3/c1-13(2,3)18-12(16)15-8-7-14-10-11(15)6-5-9-17-4/h11,14H,5-10H2,1-4H3. The van der Waals surface area contributed by atoms with Gasteiger partial charge >= 0.3 is 6.09 Å². The quantitative estimate of drug-likeness (QED) is 0.779. The van der Waals surface area contributed by atoms with E-state index in [1.165, 1.54) is 0 Å². The van der Waals surface area contributed by atoms with Gasteiger partial charge in [-0.1, -0.05) is 0 Å². The monoisotopic (exact) mass is 258 g/mol. The molecule has 0 aromatic heterocycles. The van der Waals surface area contributed by atoms with Crippen LogP contribution in [0, 0.1) is 0 Å². The summed E-state index contributed by atoms with van der Waals surface area (Å²) in [4.78, 5) is 13.9. The molecular formula is C13H26N2O3. The number of hydrogen-bond acceptors (Lipinski definition) is 4. The number of amides is 1. The number of carbonyl (C=O) groups is 1. The fraction of sp³-hybridized carbons (Fsp3) is 0.923. The molecule has 5 heteroatoms. The first-order valence-corrected chi connectivity index (χ1v) is 6.63. The summed E-state index contributed by atoms with van der Waals surface area (Å²) in [6.07, 6.45) is 1.70. The van der Waals surface area contributed by atoms with E-state index in [-0.39, 0.29) is 12.1 Å². The van der Waals surface area contributed by atoms with Crippen LogP contribution in [0.4, 0.5) is 4.79 Å². The van der Waals surface area contributed by atoms with E-state index in [1.54, 1.807) is 7.11 Å². The molecule has 1 amide bonds. The number of piperazine rings is 1. The van der Waals surface area contributed by atoms with Crippen LogP contribution >= 0.6 is 0 Å². The molecular weight excluding hydrogens is 232 g/mol. The van der Waals surface area contributed by atoms with Crippen LogP contribution in [0.1, 0.15) is 33.6 Å². The number of methoxy groups -OCH3 is 1. The second kappa shape index (κ2) is 6.95. The Morgan fingerprint density at radius 3 is 2.78 bits per heavy atom. The third-order valence-corrected chi connectivity index (χ3v) is 2.86. The van der Waals surface area contributed by atoms with Crippen LogP contribution in [0.3, 0.4) is 0 Å². The van der Waals surface area contributed by atoms with Crippen LogP contribution in [-0.4, -0.2) is 56.0 Å². The molecule has 1 aliphatic rings. The first-order valence-electron chi connectivity index (χ1n) is 6.63. The number of nitrogens with one attached hydrogen (secondary N) is 1. The molecule has 0 saturated carbocycles. The Kier molecular flexibility index (Phi) is 5.88. The second-order valence-corrected chi connectivity index (χ2v) is 5.67. The Morgan fingerprint density at radius 2 is 2.17 bits per heavy atom. The maximum atomic E-state index is 12.1. The molecule has 0 aliphatic carbocycles. The highest BCUT2D eigenvalue weighted by Gasteiger charge is 2.29. The molecule has 0 radical (unpaired) electrons. The van der Waals surface area contributed by atoms with Gasteiger partial charge in [-0.25, -0.2) is 4.79 Å². The van der Waals surface area contributed by atoms with E-state index in [0.29, 0.717) is 6.54 Å². The van der Waals surface area contributed by atoms with E-state index in [0.717, 1.165) is 32.5 Å². The first-order chi connectivity index (χ1) is 8.44. The summed E-state index contributed by atoms with van der Waals surface area (Å²) in [5.74, 6) is 0. The Labute approximate surface area is 110 Å². The Bertz CT molecular complexity index is 263. The molecule has 0 spiro atoms. The topological polar surface area (TPSA) is 50.8 Å². The highest BCUT2D eigenvalue weighted by Crippen LogP contribution is 2.15. The summed E-state index contributed by atoms with van der Waals surface area (Å²) in [5.41, 5.74) is -0.432. The average Bonchev–Trinajstić information content (AvgIpc) is 2.27. The predicted molar refractivity (Wildman–Crippen MR) is 70.7 cm³/mol. The van der Waals surface area contributed by atoms with Crippen LogP contribution in [0.5, 0.6) is 0 Å². The Balaban J connectivity index is 2.50. The van der Waals surface area contributed by atoms with Gasteiger partial charge in [0.2, 0.25) is 0 Å². The third-order valence-electron chi connectivity index (χ3n) is 2.86. The molecule has 1 fully saturated rings. The maximum absolute atomic E-state index is 12.1. The Morgan fingerprint density at radius 1 is 1.44 bits per heavy atom. The van der Waals surface area contributed by atoms with Gasteiger partial charge < -0.3 is 19.7 Å². The van der Waals surface area contributed by atoms with E-state index < -0.39 is 5.60 Å². The maximum Gasteiger partial charge on any atom is 0.410 e. The zero-order chi connectivity index (χ0) is 13.6. The third kappa shape index (κ3) is 5.23. The van der Waals surface area contributed by atoms with Crippen molar-refractivity contribution in [3.05, 3.63) is 0 Å². The highest BCUT2D eigenvalue weighted by molar-refractivity contribution is 5.68. The normalized spacial score (nSPS) is 20.9. The molecule has 1 N–H and O–H groups in total. The van der Waals surface area contributed by atoms with Crippen molar-refractivity contribution < 1.29 is 14.3 Å². The van der Waals surface area contributed by atoms with Crippen molar-refractivity contribution >= 4 is 6.09 Å². The lowest BCUT2D eigenvalue weighted by molar-refractivity contribution is 0.0102. The smallest absolute Gasteiger partial charge is 0.410 e. The van der Waals surface area contributed by atoms with Crippen molar-refractivity contribution in [2.75, 3.05) is 33.4 Å². The van der Waals surface area contributed by atoms with E-state index in [9.17, 15) is 4.79 Å². The molecule has 0 aromatic carbocycles. The molecule has 106 valence electrons. The first kappa shape index (κ1) is 15.2. The number of carbonyl (C=O) groups excluding carboxylic acids is 1. The molecule has 1 unspecified atom stereocenters. The van der Waals surface area contributed by atoms with Crippen molar-refractivity contribution in [1.29, 1.82) is 0 Å². The summed E-state index contributed by atoms with van der Waals surface area (Å²) in [5, 5.41) is 3.32. The molecule has 0 bridgehead atoms. The predicted octanol–water partition coefficient (Wildman–Crippen LogP) is 1.62. The van der Waals surface area contributed by atoms with Crippen LogP contribution in [-0.2, 0) is 9.47 Å². The van der Waals surface area contributed by atoms with Gasteiger partial charge in [-0.2, -0.15) is 0 Å². The van der Waals surface area contributed by atoms with Crippen molar-refractivity contribution in [3.8, 4) is 0 Å². The van der Waals surface area contributed by atoms with E-state index in [2.05, 4.69) is 5.32 Å². The van der Waals surface area contributed by atoms with E-state index >= 15 is 0 Å². The zero-order valence-electron chi connectivity index (χ0n) is 12.0. The van der Waals surface area contributed by atoms with Gasteiger partial charge in [0.1, 0.15) is 5.60 Å². The summed E-state index contributed by atoms with van der Waals surface area (Å²) in [7, 11) is 1.70. The van der Waals surface area contributed by atoms with Crippen molar-refractivity contribution in [2.45, 2.75) is 45.3 Å². The van der Waals surface area contributed by atoms with Crippen LogP contribution in [0.2, 0.25) is 0 Å². The minimum Gasteiger partial charge on any atom is -0.444 e. The minimum atomic E-state index is -0.432. The summed E-state index contributed by atoms with van der Waals surface area (Å²) in [6, 6.07) is 0.212. The summed E-state index contributed by atoms with van der Waals surface area (Å²) in [6.45, 7) is 8.81. The fourth-order valence-corrected chi connectivity index (χ4v) is 2.04. The zero-order valence-corrected chi connectivity index (χ0v) is 12.0. The Hall–Kier alpha value is -0.810. The van der Waals surface area contributed by atoms with Gasteiger partial charge in [0.25, 0.3) is 0 Å². The average molecular weight is 258 g/mol. The van der Waals surface area contributed by atoms with Gasteiger partial charge in [0, 0.05) is 39.4 Å². The lowest BCUT2D eigenvalue weighted by atomic mass is 10.1. The van der Waals surface area contributed by atoms with Crippen LogP contribution in [0.25, 0.3) is 0 Å². The molecule has 1 heterocycles. The highest BCUT2D eigenvalue weighted by atomic mass is 16.6. The largest absolute Gasteiger partial charge is 0.444 e. The second-order valence-electron chi connectivity index (χ2n) is 5.67. The van der Waals surface area contributed by atoms with Crippen molar-refractivity contribution in [1.82, 2.24) is 10.2 Å². The molecule has 1 rings (SSSR count). The number of hydrogen-bond donors (Lipinski definition) is 1. The van der Waals surface area contributed by atoms with Crippen LogP contribution in [0.15, 0.2) is 0 Å². The number of nitrogens with zero attached hydrogens (tertiary/aromatic N) is 1. The molecule has 1 aliphatic heterocycles. The molecule has 1 saturated heterocycles. The number of ether oxygens (including phenoxy) is 2. The van der Waals surface area contributed by atoms with Crippen LogP contribution < -0.4 is 5.32 Å². The SMILES string of the molecule is COCCCC1CNCCN1C(=O)OC(C)(C)C. The van der Waals surface area contributed by atoms with Gasteiger partial charge in [-0.15, -0.1) is 0 Å². The van der Waals surface area contributed by atoms with Gasteiger partial charge in [0.15, 0.2) is 0 Å². The molecule has 0 aromatic rings. The van der Waals surface area contributed by atoms with Crippen molar-refractivity contribution in [2.24, 2.45) is 0 Å². The van der Waals surface area contributed by atoms with Gasteiger partial charge in [0.05, 0.1) is 0 Å². The molecule has 1 atom stereocenters. The molecule has 5 nitrogen and oxygen atoms in total.